The number of nitrogens with one attached hydrogen (secondary N) is 1. The molecule has 0 bridgehead atoms. The molecule has 0 unspecified atom stereocenters. The van der Waals surface area contributed by atoms with Gasteiger partial charge in [0, 0.05) is 18.8 Å². The molecule has 1 N–H and O–H groups in total. The molecule has 108 valence electrons. The minimum absolute atomic E-state index is 0.247. The summed E-state index contributed by atoms with van der Waals surface area (Å²) in [5.41, 5.74) is 2.19. The number of anilines is 1. The van der Waals surface area contributed by atoms with Crippen LogP contribution in [0, 0.1) is 13.8 Å². The van der Waals surface area contributed by atoms with Gasteiger partial charge in [0.25, 0.3) is 0 Å². The summed E-state index contributed by atoms with van der Waals surface area (Å²) in [6, 6.07) is 3.65. The van der Waals surface area contributed by atoms with Crippen LogP contribution in [0.2, 0.25) is 15.2 Å². The lowest BCUT2D eigenvalue weighted by Crippen LogP contribution is -2.10. The van der Waals surface area contributed by atoms with Crippen molar-refractivity contribution < 1.29 is 0 Å². The van der Waals surface area contributed by atoms with Gasteiger partial charge in [-0.25, -0.2) is 4.98 Å². The first-order valence-corrected chi connectivity index (χ1v) is 7.37. The van der Waals surface area contributed by atoms with Crippen molar-refractivity contribution in [1.82, 2.24) is 14.8 Å². The Balaban J connectivity index is 1.87. The van der Waals surface area contributed by atoms with Crippen LogP contribution >= 0.6 is 34.8 Å². The van der Waals surface area contributed by atoms with Crippen molar-refractivity contribution >= 4 is 40.6 Å². The van der Waals surface area contributed by atoms with Gasteiger partial charge in [0.2, 0.25) is 0 Å². The highest BCUT2D eigenvalue weighted by molar-refractivity contribution is 6.42. The second kappa shape index (κ2) is 6.66. The van der Waals surface area contributed by atoms with E-state index in [-0.39, 0.29) is 5.15 Å². The highest BCUT2D eigenvalue weighted by Gasteiger charge is 2.07. The van der Waals surface area contributed by atoms with E-state index in [1.54, 1.807) is 6.07 Å². The highest BCUT2D eigenvalue weighted by Crippen LogP contribution is 2.28. The monoisotopic (exact) mass is 332 g/mol. The van der Waals surface area contributed by atoms with Gasteiger partial charge in [-0.15, -0.1) is 0 Å². The zero-order valence-corrected chi connectivity index (χ0v) is 13.5. The number of aromatic nitrogens is 3. The van der Waals surface area contributed by atoms with E-state index in [1.165, 1.54) is 0 Å². The van der Waals surface area contributed by atoms with Crippen LogP contribution in [0.4, 0.5) is 5.82 Å². The van der Waals surface area contributed by atoms with Crippen molar-refractivity contribution in [3.8, 4) is 0 Å². The third-order valence-corrected chi connectivity index (χ3v) is 3.79. The van der Waals surface area contributed by atoms with Crippen LogP contribution in [-0.2, 0) is 6.54 Å². The van der Waals surface area contributed by atoms with Gasteiger partial charge >= 0.3 is 0 Å². The average molecular weight is 334 g/mol. The lowest BCUT2D eigenvalue weighted by Gasteiger charge is -2.09. The van der Waals surface area contributed by atoms with E-state index in [4.69, 9.17) is 34.8 Å². The number of rotatable bonds is 5. The molecule has 0 saturated heterocycles. The van der Waals surface area contributed by atoms with Crippen LogP contribution in [-0.4, -0.2) is 21.3 Å². The molecule has 2 rings (SSSR count). The van der Waals surface area contributed by atoms with Crippen molar-refractivity contribution in [2.45, 2.75) is 26.8 Å². The van der Waals surface area contributed by atoms with Crippen LogP contribution in [0.3, 0.4) is 0 Å². The number of halogens is 3. The third kappa shape index (κ3) is 3.78. The smallest absolute Gasteiger partial charge is 0.150 e. The van der Waals surface area contributed by atoms with E-state index in [2.05, 4.69) is 21.5 Å². The van der Waals surface area contributed by atoms with E-state index in [9.17, 15) is 0 Å². The van der Waals surface area contributed by atoms with Gasteiger partial charge < -0.3 is 5.32 Å². The highest BCUT2D eigenvalue weighted by atomic mass is 35.5. The summed E-state index contributed by atoms with van der Waals surface area (Å²) in [6.45, 7) is 5.60. The van der Waals surface area contributed by atoms with E-state index < -0.39 is 0 Å². The fourth-order valence-electron chi connectivity index (χ4n) is 1.91. The molecule has 0 amide bonds. The van der Waals surface area contributed by atoms with Crippen molar-refractivity contribution in [2.75, 3.05) is 11.9 Å². The molecule has 0 fully saturated rings. The summed E-state index contributed by atoms with van der Waals surface area (Å²) < 4.78 is 1.99. The van der Waals surface area contributed by atoms with Gasteiger partial charge in [0.15, 0.2) is 0 Å². The molecule has 0 aliphatic carbocycles. The summed E-state index contributed by atoms with van der Waals surface area (Å²) in [5, 5.41) is 8.62. The Kier molecular flexibility index (Phi) is 5.13. The van der Waals surface area contributed by atoms with E-state index in [1.807, 2.05) is 18.5 Å². The zero-order chi connectivity index (χ0) is 14.7. The first kappa shape index (κ1) is 15.4. The minimum atomic E-state index is 0.247. The molecular weight excluding hydrogens is 319 g/mol. The number of hydrogen-bond acceptors (Lipinski definition) is 3. The molecule has 2 aromatic heterocycles. The second-order valence-corrected chi connectivity index (χ2v) is 5.69. The standard InChI is InChI=1S/C13H15Cl3N4/c1-8-6-9(2)20(19-8)5-3-4-17-13-11(15)7-10(14)12(16)18-13/h6-7H,3-5H2,1-2H3,(H,17,18). The Labute approximate surface area is 133 Å². The van der Waals surface area contributed by atoms with E-state index in [0.717, 1.165) is 30.9 Å². The van der Waals surface area contributed by atoms with Crippen LogP contribution in [0.25, 0.3) is 0 Å². The maximum absolute atomic E-state index is 6.04. The number of pyridine rings is 1. The average Bonchev–Trinajstić information content (AvgIpc) is 2.69. The SMILES string of the molecule is Cc1cc(C)n(CCCNc2nc(Cl)c(Cl)cc2Cl)n1. The molecule has 2 heterocycles. The zero-order valence-electron chi connectivity index (χ0n) is 11.3. The van der Waals surface area contributed by atoms with Crippen molar-refractivity contribution in [3.63, 3.8) is 0 Å². The first-order chi connectivity index (χ1) is 9.47. The Hall–Kier alpha value is -0.970. The summed E-state index contributed by atoms with van der Waals surface area (Å²) in [5.74, 6) is 0.550. The van der Waals surface area contributed by atoms with Crippen LogP contribution < -0.4 is 5.32 Å². The van der Waals surface area contributed by atoms with E-state index >= 15 is 0 Å². The number of hydrogen-bond donors (Lipinski definition) is 1. The topological polar surface area (TPSA) is 42.7 Å². The lowest BCUT2D eigenvalue weighted by molar-refractivity contribution is 0.573. The summed E-state index contributed by atoms with van der Waals surface area (Å²) in [6.07, 6.45) is 0.903. The fourth-order valence-corrected chi connectivity index (χ4v) is 2.47. The molecular formula is C13H15Cl3N4. The van der Waals surface area contributed by atoms with Gasteiger partial charge in [-0.2, -0.15) is 5.10 Å². The molecule has 0 aliphatic rings. The van der Waals surface area contributed by atoms with Crippen LogP contribution in [0.5, 0.6) is 0 Å². The molecule has 4 nitrogen and oxygen atoms in total. The second-order valence-electron chi connectivity index (χ2n) is 4.52. The largest absolute Gasteiger partial charge is 0.369 e. The molecule has 0 radical (unpaired) electrons. The predicted octanol–water partition coefficient (Wildman–Crippen LogP) is 4.36. The Morgan fingerprint density at radius 2 is 1.90 bits per heavy atom. The quantitative estimate of drug-likeness (QED) is 0.653. The lowest BCUT2D eigenvalue weighted by atomic mass is 10.3. The molecule has 20 heavy (non-hydrogen) atoms. The molecule has 0 saturated carbocycles. The van der Waals surface area contributed by atoms with Gasteiger partial charge in [0.05, 0.1) is 15.7 Å². The molecule has 0 aliphatic heterocycles. The van der Waals surface area contributed by atoms with Gasteiger partial charge in [-0.05, 0) is 32.4 Å². The molecule has 0 atom stereocenters. The van der Waals surface area contributed by atoms with Gasteiger partial charge in [-0.3, -0.25) is 4.68 Å². The molecule has 0 aromatic carbocycles. The third-order valence-electron chi connectivity index (χ3n) is 2.83. The molecule has 7 heteroatoms. The number of aryl methyl sites for hydroxylation is 3. The first-order valence-electron chi connectivity index (χ1n) is 6.24. The maximum Gasteiger partial charge on any atom is 0.150 e. The normalized spacial score (nSPS) is 10.8. The summed E-state index contributed by atoms with van der Waals surface area (Å²) >= 11 is 17.7. The fraction of sp³-hybridized carbons (Fsp3) is 0.385. The Bertz CT molecular complexity index is 610. The minimum Gasteiger partial charge on any atom is -0.369 e. The van der Waals surface area contributed by atoms with Gasteiger partial charge in [-0.1, -0.05) is 34.8 Å². The van der Waals surface area contributed by atoms with Crippen LogP contribution in [0.15, 0.2) is 12.1 Å². The van der Waals surface area contributed by atoms with Crippen molar-refractivity contribution in [3.05, 3.63) is 38.7 Å². The van der Waals surface area contributed by atoms with Crippen molar-refractivity contribution in [1.29, 1.82) is 0 Å². The van der Waals surface area contributed by atoms with E-state index in [0.29, 0.717) is 15.9 Å². The molecule has 0 spiro atoms. The maximum atomic E-state index is 6.04. The number of nitrogens with zero attached hydrogens (tertiary/aromatic N) is 3. The summed E-state index contributed by atoms with van der Waals surface area (Å²) in [7, 11) is 0. The van der Waals surface area contributed by atoms with Gasteiger partial charge in [0.1, 0.15) is 11.0 Å². The Morgan fingerprint density at radius 3 is 2.55 bits per heavy atom. The summed E-state index contributed by atoms with van der Waals surface area (Å²) in [4.78, 5) is 4.11. The van der Waals surface area contributed by atoms with Crippen molar-refractivity contribution in [2.24, 2.45) is 0 Å². The van der Waals surface area contributed by atoms with Crippen LogP contribution in [0.1, 0.15) is 17.8 Å². The molecule has 2 aromatic rings. The predicted molar refractivity (Wildman–Crippen MR) is 84.1 cm³/mol. The Morgan fingerprint density at radius 1 is 1.15 bits per heavy atom.